The summed E-state index contributed by atoms with van der Waals surface area (Å²) in [6.45, 7) is 5.77. The lowest BCUT2D eigenvalue weighted by Gasteiger charge is -2.30. The van der Waals surface area contributed by atoms with Crippen LogP contribution in [0.1, 0.15) is 26.3 Å². The van der Waals surface area contributed by atoms with Crippen molar-refractivity contribution in [2.75, 3.05) is 20.2 Å². The topological polar surface area (TPSA) is 65.4 Å². The van der Waals surface area contributed by atoms with Gasteiger partial charge in [0.05, 0.1) is 6.61 Å². The third kappa shape index (κ3) is 3.14. The molecule has 1 fully saturated rings. The lowest BCUT2D eigenvalue weighted by atomic mass is 10.0. The maximum Gasteiger partial charge on any atom is 0.327 e. The van der Waals surface area contributed by atoms with E-state index in [1.807, 2.05) is 44.2 Å². The van der Waals surface area contributed by atoms with Gasteiger partial charge in [0.25, 0.3) is 0 Å². The highest BCUT2D eigenvalue weighted by atomic mass is 32.1. The van der Waals surface area contributed by atoms with Crippen LogP contribution in [0.2, 0.25) is 0 Å². The monoisotopic (exact) mass is 349 g/mol. The second-order valence-electron chi connectivity index (χ2n) is 5.79. The molecule has 1 aromatic carbocycles. The summed E-state index contributed by atoms with van der Waals surface area (Å²) in [7, 11) is 1.72. The van der Waals surface area contributed by atoms with E-state index in [9.17, 15) is 9.90 Å². The number of aliphatic hydroxyl groups is 1. The number of nitrogens with zero attached hydrogens (tertiary/aromatic N) is 3. The van der Waals surface area contributed by atoms with Gasteiger partial charge in [-0.05, 0) is 33.0 Å². The third-order valence-corrected chi connectivity index (χ3v) is 4.34. The van der Waals surface area contributed by atoms with Gasteiger partial charge >= 0.3 is 5.97 Å². The number of benzene rings is 1. The minimum atomic E-state index is -1.52. The van der Waals surface area contributed by atoms with E-state index in [4.69, 9.17) is 17.0 Å². The molecule has 24 heavy (non-hydrogen) atoms. The SMILES string of the molecule is CCOC(=O)CN=C1N(C(C)C)C(=S)N(C)C1(O)c1ccccc1. The van der Waals surface area contributed by atoms with Crippen LogP contribution < -0.4 is 0 Å². The molecular weight excluding hydrogens is 326 g/mol. The molecule has 1 atom stereocenters. The molecule has 130 valence electrons. The molecule has 1 aliphatic rings. The highest BCUT2D eigenvalue weighted by Gasteiger charge is 2.52. The minimum Gasteiger partial charge on any atom is -0.465 e. The van der Waals surface area contributed by atoms with Gasteiger partial charge in [-0.25, -0.2) is 0 Å². The molecule has 0 aliphatic carbocycles. The summed E-state index contributed by atoms with van der Waals surface area (Å²) in [5.41, 5.74) is -0.879. The number of aliphatic imine (C=N–C) groups is 1. The first-order valence-electron chi connectivity index (χ1n) is 7.89. The Kier molecular flexibility index (Phi) is 5.56. The second-order valence-corrected chi connectivity index (χ2v) is 6.15. The Morgan fingerprint density at radius 2 is 2.00 bits per heavy atom. The smallest absolute Gasteiger partial charge is 0.327 e. The molecule has 0 amide bonds. The van der Waals surface area contributed by atoms with Crippen LogP contribution in [0.3, 0.4) is 0 Å². The number of likely N-dealkylation sites (N-methyl/N-ethyl adjacent to an activating group) is 1. The minimum absolute atomic E-state index is 0.0152. The van der Waals surface area contributed by atoms with Crippen LogP contribution in [0.25, 0.3) is 0 Å². The predicted molar refractivity (Wildman–Crippen MR) is 96.6 cm³/mol. The van der Waals surface area contributed by atoms with Crippen molar-refractivity contribution in [2.24, 2.45) is 4.99 Å². The lowest BCUT2D eigenvalue weighted by Crippen LogP contribution is -2.45. The Labute approximate surface area is 147 Å². The van der Waals surface area contributed by atoms with Crippen molar-refractivity contribution in [1.29, 1.82) is 0 Å². The number of hydrogen-bond donors (Lipinski definition) is 1. The summed E-state index contributed by atoms with van der Waals surface area (Å²) in [4.78, 5) is 19.4. The van der Waals surface area contributed by atoms with Gasteiger partial charge in [0.1, 0.15) is 6.54 Å². The number of esters is 1. The Morgan fingerprint density at radius 1 is 1.38 bits per heavy atom. The van der Waals surface area contributed by atoms with Crippen molar-refractivity contribution in [3.63, 3.8) is 0 Å². The van der Waals surface area contributed by atoms with Crippen molar-refractivity contribution in [3.8, 4) is 0 Å². The molecule has 1 saturated heterocycles. The molecule has 1 aromatic rings. The van der Waals surface area contributed by atoms with E-state index in [0.29, 0.717) is 23.1 Å². The number of thiocarbonyl (C=S) groups is 1. The quantitative estimate of drug-likeness (QED) is 0.645. The Hall–Kier alpha value is -1.99. The van der Waals surface area contributed by atoms with Gasteiger partial charge in [-0.1, -0.05) is 30.3 Å². The van der Waals surface area contributed by atoms with Crippen molar-refractivity contribution < 1.29 is 14.6 Å². The van der Waals surface area contributed by atoms with Crippen LogP contribution in [0.5, 0.6) is 0 Å². The first-order valence-corrected chi connectivity index (χ1v) is 8.30. The van der Waals surface area contributed by atoms with E-state index in [1.165, 1.54) is 0 Å². The van der Waals surface area contributed by atoms with Crippen LogP contribution in [-0.4, -0.2) is 58.1 Å². The summed E-state index contributed by atoms with van der Waals surface area (Å²) in [5, 5.41) is 11.9. The third-order valence-electron chi connectivity index (χ3n) is 3.87. The van der Waals surface area contributed by atoms with Gasteiger partial charge in [-0.2, -0.15) is 0 Å². The van der Waals surface area contributed by atoms with Gasteiger partial charge < -0.3 is 19.6 Å². The molecule has 0 saturated carbocycles. The van der Waals surface area contributed by atoms with E-state index >= 15 is 0 Å². The summed E-state index contributed by atoms with van der Waals surface area (Å²) >= 11 is 5.49. The maximum absolute atomic E-state index is 11.7. The molecule has 0 aromatic heterocycles. The van der Waals surface area contributed by atoms with E-state index in [1.54, 1.807) is 23.8 Å². The van der Waals surface area contributed by atoms with Gasteiger partial charge in [0.2, 0.25) is 5.72 Å². The molecule has 7 heteroatoms. The summed E-state index contributed by atoms with van der Waals surface area (Å²) < 4.78 is 4.93. The average molecular weight is 349 g/mol. The van der Waals surface area contributed by atoms with Gasteiger partial charge in [-0.15, -0.1) is 0 Å². The van der Waals surface area contributed by atoms with E-state index < -0.39 is 11.7 Å². The van der Waals surface area contributed by atoms with Gasteiger partial charge in [0.15, 0.2) is 10.9 Å². The molecule has 6 nitrogen and oxygen atoms in total. The Bertz CT molecular complexity index is 648. The number of ether oxygens (including phenoxy) is 1. The van der Waals surface area contributed by atoms with Crippen molar-refractivity contribution >= 4 is 29.1 Å². The van der Waals surface area contributed by atoms with E-state index in [2.05, 4.69) is 4.99 Å². The van der Waals surface area contributed by atoms with Crippen molar-refractivity contribution in [3.05, 3.63) is 35.9 Å². The average Bonchev–Trinajstić information content (AvgIpc) is 2.76. The molecule has 1 heterocycles. The second kappa shape index (κ2) is 7.27. The number of hydrogen-bond acceptors (Lipinski definition) is 5. The van der Waals surface area contributed by atoms with Crippen molar-refractivity contribution in [2.45, 2.75) is 32.5 Å². The zero-order valence-corrected chi connectivity index (χ0v) is 15.2. The molecule has 1 unspecified atom stereocenters. The molecule has 0 bridgehead atoms. The van der Waals surface area contributed by atoms with Gasteiger partial charge in [0, 0.05) is 18.7 Å². The molecule has 1 aliphatic heterocycles. The molecule has 0 spiro atoms. The zero-order chi connectivity index (χ0) is 17.9. The standard InChI is InChI=1S/C17H23N3O3S/c1-5-23-14(21)11-18-15-17(22,13-9-7-6-8-10-13)19(4)16(24)20(15)12(2)3/h6-10,12,22H,5,11H2,1-4H3. The van der Waals surface area contributed by atoms with E-state index in [-0.39, 0.29) is 12.6 Å². The predicted octanol–water partition coefficient (Wildman–Crippen LogP) is 1.73. The number of carbonyl (C=O) groups is 1. The van der Waals surface area contributed by atoms with Crippen LogP contribution in [0.4, 0.5) is 0 Å². The zero-order valence-electron chi connectivity index (χ0n) is 14.4. The Balaban J connectivity index is 2.51. The first-order chi connectivity index (χ1) is 11.3. The van der Waals surface area contributed by atoms with Crippen LogP contribution in [0, 0.1) is 0 Å². The number of amidine groups is 1. The fourth-order valence-electron chi connectivity index (χ4n) is 2.70. The number of rotatable bonds is 5. The lowest BCUT2D eigenvalue weighted by molar-refractivity contribution is -0.141. The molecule has 0 radical (unpaired) electrons. The Morgan fingerprint density at radius 3 is 2.54 bits per heavy atom. The molecular formula is C17H23N3O3S. The molecule has 1 N–H and O–H groups in total. The van der Waals surface area contributed by atoms with Crippen LogP contribution in [0.15, 0.2) is 35.3 Å². The van der Waals surface area contributed by atoms with Gasteiger partial charge in [-0.3, -0.25) is 9.79 Å². The van der Waals surface area contributed by atoms with Crippen molar-refractivity contribution in [1.82, 2.24) is 9.80 Å². The normalized spacial score (nSPS) is 22.6. The first kappa shape index (κ1) is 18.4. The van der Waals surface area contributed by atoms with Crippen LogP contribution in [-0.2, 0) is 15.3 Å². The highest BCUT2D eigenvalue weighted by Crippen LogP contribution is 2.36. The maximum atomic E-state index is 11.7. The highest BCUT2D eigenvalue weighted by molar-refractivity contribution is 7.80. The summed E-state index contributed by atoms with van der Waals surface area (Å²) in [6.07, 6.45) is 0. The summed E-state index contributed by atoms with van der Waals surface area (Å²) in [6, 6.07) is 9.15. The fourth-order valence-corrected chi connectivity index (χ4v) is 3.13. The van der Waals surface area contributed by atoms with Crippen LogP contribution >= 0.6 is 12.2 Å². The number of carbonyl (C=O) groups excluding carboxylic acids is 1. The van der Waals surface area contributed by atoms with E-state index in [0.717, 1.165) is 0 Å². The summed E-state index contributed by atoms with van der Waals surface area (Å²) in [5.74, 6) is -0.103. The molecule has 2 rings (SSSR count). The fraction of sp³-hybridized carbons (Fsp3) is 0.471. The largest absolute Gasteiger partial charge is 0.465 e.